The Morgan fingerprint density at radius 2 is 0.972 bits per heavy atom. The van der Waals surface area contributed by atoms with Crippen LogP contribution in [0.4, 0.5) is 0 Å². The van der Waals surface area contributed by atoms with E-state index in [1.807, 2.05) is 0 Å². The summed E-state index contributed by atoms with van der Waals surface area (Å²) in [5.41, 5.74) is 1.43. The van der Waals surface area contributed by atoms with Crippen molar-refractivity contribution in [1.82, 2.24) is 0 Å². The fourth-order valence-electron chi connectivity index (χ4n) is 5.88. The van der Waals surface area contributed by atoms with Gasteiger partial charge in [0.15, 0.2) is 0 Å². The van der Waals surface area contributed by atoms with Crippen LogP contribution in [0, 0.1) is 0 Å². The molecule has 0 spiro atoms. The number of unbranched alkanes of at least 4 members (excludes halogenated alkanes) is 15. The number of benzene rings is 1. The van der Waals surface area contributed by atoms with Crippen molar-refractivity contribution >= 4 is 13.2 Å². The highest BCUT2D eigenvalue weighted by atomic mass is 31.2. The number of rotatable bonds is 25. The van der Waals surface area contributed by atoms with E-state index in [-0.39, 0.29) is 12.1 Å². The molecule has 0 aliphatic carbocycles. The van der Waals surface area contributed by atoms with Crippen LogP contribution >= 0.6 is 7.26 Å². The number of carboxylic acid groups (broad SMARTS) is 1. The van der Waals surface area contributed by atoms with E-state index in [1.54, 1.807) is 0 Å². The highest BCUT2D eigenvalue weighted by molar-refractivity contribution is 7.76. The second-order valence-electron chi connectivity index (χ2n) is 11.2. The minimum atomic E-state index is -1.47. The largest absolute Gasteiger partial charge is 0.550 e. The van der Waals surface area contributed by atoms with E-state index >= 15 is 0 Å². The van der Waals surface area contributed by atoms with Gasteiger partial charge in [0, 0.05) is 19.7 Å². The van der Waals surface area contributed by atoms with Crippen LogP contribution in [-0.4, -0.2) is 24.5 Å². The van der Waals surface area contributed by atoms with Gasteiger partial charge in [-0.2, -0.15) is 0 Å². The Morgan fingerprint density at radius 1 is 0.611 bits per heavy atom. The maximum absolute atomic E-state index is 12.1. The van der Waals surface area contributed by atoms with E-state index in [2.05, 4.69) is 51.1 Å². The van der Waals surface area contributed by atoms with Gasteiger partial charge in [-0.05, 0) is 44.1 Å². The van der Waals surface area contributed by atoms with Gasteiger partial charge >= 0.3 is 0 Å². The lowest BCUT2D eigenvalue weighted by atomic mass is 10.1. The number of carbonyl (C=O) groups is 1. The summed E-state index contributed by atoms with van der Waals surface area (Å²) in [6.07, 6.45) is 27.7. The van der Waals surface area contributed by atoms with Crippen molar-refractivity contribution in [3.63, 3.8) is 0 Å². The first-order chi connectivity index (χ1) is 17.6. The fraction of sp³-hybridized carbons (Fsp3) is 0.788. The Morgan fingerprint density at radius 3 is 1.33 bits per heavy atom. The van der Waals surface area contributed by atoms with Crippen molar-refractivity contribution in [1.29, 1.82) is 0 Å². The number of carbonyl (C=O) groups excluding carboxylic acids is 1. The predicted molar refractivity (Wildman–Crippen MR) is 160 cm³/mol. The van der Waals surface area contributed by atoms with Crippen molar-refractivity contribution in [2.24, 2.45) is 0 Å². The summed E-state index contributed by atoms with van der Waals surface area (Å²) >= 11 is 0. The average molecular weight is 519 g/mol. The monoisotopic (exact) mass is 518 g/mol. The van der Waals surface area contributed by atoms with Crippen molar-refractivity contribution < 1.29 is 9.90 Å². The van der Waals surface area contributed by atoms with Gasteiger partial charge in [-0.25, -0.2) is 0 Å². The van der Waals surface area contributed by atoms with Gasteiger partial charge in [0.2, 0.25) is 0 Å². The van der Waals surface area contributed by atoms with Gasteiger partial charge in [0.1, 0.15) is 0 Å². The SMILES string of the molecule is CCCCCCCC[P+](CCCCCCCC)(CCCCCCCC)C(CC(=O)[O-])c1ccccc1. The van der Waals surface area contributed by atoms with Crippen LogP contribution in [0.25, 0.3) is 0 Å². The molecule has 0 saturated heterocycles. The summed E-state index contributed by atoms with van der Waals surface area (Å²) in [4.78, 5) is 12.1. The molecule has 0 amide bonds. The van der Waals surface area contributed by atoms with E-state index in [0.29, 0.717) is 0 Å². The van der Waals surface area contributed by atoms with Gasteiger partial charge in [-0.15, -0.1) is 0 Å². The van der Waals surface area contributed by atoms with Crippen molar-refractivity contribution in [2.75, 3.05) is 18.5 Å². The smallest absolute Gasteiger partial charge is 0.0997 e. The molecular weight excluding hydrogens is 459 g/mol. The first kappa shape index (κ1) is 33.1. The molecule has 1 aromatic carbocycles. The standard InChI is InChI=1S/C33H59O2P/c1-4-7-10-13-16-22-27-36(28-23-17-14-11-8-5-2,29-24-18-15-12-9-6-3)32(30-33(34)35)31-25-20-19-21-26-31/h19-21,25-26,32H,4-18,22-24,27-30H2,1-3H3. The minimum absolute atomic E-state index is 0.172. The highest BCUT2D eigenvalue weighted by Crippen LogP contribution is 2.72. The fourth-order valence-corrected chi connectivity index (χ4v) is 11.4. The number of hydrogen-bond acceptors (Lipinski definition) is 2. The highest BCUT2D eigenvalue weighted by Gasteiger charge is 2.44. The molecular formula is C33H59O2P. The number of carboxylic acids is 1. The second-order valence-corrected chi connectivity index (χ2v) is 15.6. The molecule has 208 valence electrons. The molecule has 0 N–H and O–H groups in total. The van der Waals surface area contributed by atoms with Gasteiger partial charge < -0.3 is 9.90 Å². The van der Waals surface area contributed by atoms with Gasteiger partial charge in [-0.3, -0.25) is 0 Å². The molecule has 0 bridgehead atoms. The molecule has 3 heteroatoms. The predicted octanol–water partition coefficient (Wildman–Crippen LogP) is 9.97. The summed E-state index contributed by atoms with van der Waals surface area (Å²) in [6.45, 7) is 6.84. The van der Waals surface area contributed by atoms with Crippen molar-refractivity contribution in [3.05, 3.63) is 35.9 Å². The molecule has 0 heterocycles. The molecule has 0 saturated carbocycles. The van der Waals surface area contributed by atoms with E-state index in [9.17, 15) is 9.90 Å². The molecule has 1 aromatic rings. The Hall–Kier alpha value is -0.880. The Labute approximate surface area is 225 Å². The molecule has 0 aromatic heterocycles. The topological polar surface area (TPSA) is 40.1 Å². The van der Waals surface area contributed by atoms with Gasteiger partial charge in [0.05, 0.1) is 24.1 Å². The van der Waals surface area contributed by atoms with Crippen LogP contribution in [0.2, 0.25) is 0 Å². The van der Waals surface area contributed by atoms with Crippen LogP contribution in [0.5, 0.6) is 0 Å². The van der Waals surface area contributed by atoms with E-state index in [4.69, 9.17) is 0 Å². The lowest BCUT2D eigenvalue weighted by Gasteiger charge is -2.36. The van der Waals surface area contributed by atoms with Crippen molar-refractivity contribution in [3.8, 4) is 0 Å². The first-order valence-corrected chi connectivity index (χ1v) is 18.1. The summed E-state index contributed by atoms with van der Waals surface area (Å²) < 4.78 is 0. The number of aliphatic carboxylic acids is 1. The molecule has 0 radical (unpaired) electrons. The van der Waals surface area contributed by atoms with E-state index in [1.165, 1.54) is 140 Å². The zero-order valence-corrected chi connectivity index (χ0v) is 25.2. The van der Waals surface area contributed by atoms with Crippen LogP contribution in [0.1, 0.15) is 154 Å². The summed E-state index contributed by atoms with van der Waals surface area (Å²) in [6, 6.07) is 10.7. The maximum Gasteiger partial charge on any atom is 0.0997 e. The molecule has 1 atom stereocenters. The van der Waals surface area contributed by atoms with Crippen molar-refractivity contribution in [2.45, 2.75) is 148 Å². The Kier molecular flexibility index (Phi) is 20.4. The lowest BCUT2D eigenvalue weighted by Crippen LogP contribution is -2.27. The van der Waals surface area contributed by atoms with E-state index < -0.39 is 13.2 Å². The van der Waals surface area contributed by atoms with Crippen LogP contribution in [0.3, 0.4) is 0 Å². The first-order valence-electron chi connectivity index (χ1n) is 15.7. The zero-order valence-electron chi connectivity index (χ0n) is 24.3. The minimum Gasteiger partial charge on any atom is -0.550 e. The molecule has 0 aliphatic rings. The quantitative estimate of drug-likeness (QED) is 0.0954. The van der Waals surface area contributed by atoms with Crippen LogP contribution in [-0.2, 0) is 4.79 Å². The maximum atomic E-state index is 12.1. The average Bonchev–Trinajstić information content (AvgIpc) is 2.88. The molecule has 0 aliphatic heterocycles. The normalized spacial score (nSPS) is 12.6. The molecule has 0 fully saturated rings. The van der Waals surface area contributed by atoms with Crippen LogP contribution < -0.4 is 5.11 Å². The molecule has 2 nitrogen and oxygen atoms in total. The van der Waals surface area contributed by atoms with Gasteiger partial charge in [-0.1, -0.05) is 128 Å². The Balaban J connectivity index is 3.08. The second kappa shape index (κ2) is 22.1. The summed E-state index contributed by atoms with van der Waals surface area (Å²) in [5.74, 6) is -0.859. The van der Waals surface area contributed by atoms with Crippen LogP contribution in [0.15, 0.2) is 30.3 Å². The zero-order chi connectivity index (χ0) is 26.3. The third-order valence-corrected chi connectivity index (χ3v) is 13.5. The molecule has 36 heavy (non-hydrogen) atoms. The third kappa shape index (κ3) is 14.8. The molecule has 1 rings (SSSR count). The molecule has 1 unspecified atom stereocenters. The number of hydrogen-bond donors (Lipinski definition) is 0. The lowest BCUT2D eigenvalue weighted by molar-refractivity contribution is -0.305. The third-order valence-electron chi connectivity index (χ3n) is 8.08. The summed E-state index contributed by atoms with van der Waals surface area (Å²) in [7, 11) is -1.47. The van der Waals surface area contributed by atoms with E-state index in [0.717, 1.165) is 0 Å². The Bertz CT molecular complexity index is 589. The van der Waals surface area contributed by atoms with Gasteiger partial charge in [0.25, 0.3) is 0 Å². The summed E-state index contributed by atoms with van der Waals surface area (Å²) in [5, 5.41) is 12.1.